The Hall–Kier alpha value is -2.64. The van der Waals surface area contributed by atoms with Crippen molar-refractivity contribution in [3.05, 3.63) is 29.3 Å². The van der Waals surface area contributed by atoms with E-state index in [4.69, 9.17) is 4.74 Å². The fraction of sp³-hybridized carbons (Fsp3) is 0.556. The van der Waals surface area contributed by atoms with Gasteiger partial charge in [0.2, 0.25) is 0 Å². The van der Waals surface area contributed by atoms with Gasteiger partial charge in [0.25, 0.3) is 0 Å². The number of aryl methyl sites for hydroxylation is 2. The van der Waals surface area contributed by atoms with Gasteiger partial charge in [0.1, 0.15) is 6.10 Å². The summed E-state index contributed by atoms with van der Waals surface area (Å²) in [6, 6.07) is 2.07. The summed E-state index contributed by atoms with van der Waals surface area (Å²) >= 11 is 0. The smallest absolute Gasteiger partial charge is 0.407 e. The van der Waals surface area contributed by atoms with Crippen molar-refractivity contribution in [2.45, 2.75) is 65.0 Å². The summed E-state index contributed by atoms with van der Waals surface area (Å²) in [5.41, 5.74) is 2.76. The Balaban J connectivity index is 1.57. The SMILES string of the molecule is Cc1cnc(Nc2cc(C3CC[C@@H](OC(=O)NC(C)C)C3)[nH]n2)c(C)n1. The van der Waals surface area contributed by atoms with E-state index in [1.54, 1.807) is 6.20 Å². The first kappa shape index (κ1) is 18.2. The van der Waals surface area contributed by atoms with Gasteiger partial charge in [-0.3, -0.25) is 10.1 Å². The van der Waals surface area contributed by atoms with Crippen molar-refractivity contribution < 1.29 is 9.53 Å². The molecule has 2 aromatic rings. The van der Waals surface area contributed by atoms with Crippen molar-refractivity contribution in [1.29, 1.82) is 0 Å². The fourth-order valence-corrected chi connectivity index (χ4v) is 3.20. The number of nitrogens with zero attached hydrogens (tertiary/aromatic N) is 3. The fourth-order valence-electron chi connectivity index (χ4n) is 3.20. The molecule has 1 amide bonds. The van der Waals surface area contributed by atoms with Crippen molar-refractivity contribution in [3.8, 4) is 0 Å². The van der Waals surface area contributed by atoms with Gasteiger partial charge in [-0.15, -0.1) is 0 Å². The number of alkyl carbamates (subject to hydrolysis) is 1. The zero-order valence-corrected chi connectivity index (χ0v) is 15.7. The highest BCUT2D eigenvalue weighted by Crippen LogP contribution is 2.36. The average molecular weight is 358 g/mol. The molecule has 1 fully saturated rings. The molecule has 140 valence electrons. The molecule has 2 atom stereocenters. The summed E-state index contributed by atoms with van der Waals surface area (Å²) in [5, 5.41) is 13.4. The van der Waals surface area contributed by atoms with E-state index in [-0.39, 0.29) is 18.2 Å². The molecule has 1 unspecified atom stereocenters. The Labute approximate surface area is 153 Å². The Morgan fingerprint density at radius 1 is 1.35 bits per heavy atom. The van der Waals surface area contributed by atoms with Crippen LogP contribution in [0.5, 0.6) is 0 Å². The molecule has 1 aliphatic rings. The Morgan fingerprint density at radius 3 is 2.88 bits per heavy atom. The van der Waals surface area contributed by atoms with Crippen molar-refractivity contribution in [2.24, 2.45) is 0 Å². The topological polar surface area (TPSA) is 105 Å². The molecule has 0 bridgehead atoms. The summed E-state index contributed by atoms with van der Waals surface area (Å²) in [6.45, 7) is 7.66. The van der Waals surface area contributed by atoms with E-state index in [2.05, 4.69) is 30.8 Å². The number of hydrogen-bond acceptors (Lipinski definition) is 6. The molecule has 1 aliphatic carbocycles. The number of rotatable bonds is 5. The van der Waals surface area contributed by atoms with Crippen LogP contribution < -0.4 is 10.6 Å². The van der Waals surface area contributed by atoms with Gasteiger partial charge in [-0.25, -0.2) is 9.78 Å². The minimum Gasteiger partial charge on any atom is -0.446 e. The molecular weight excluding hydrogens is 332 g/mol. The van der Waals surface area contributed by atoms with Crippen LogP contribution in [0.15, 0.2) is 12.3 Å². The number of H-pyrrole nitrogens is 1. The third-order valence-electron chi connectivity index (χ3n) is 4.42. The van der Waals surface area contributed by atoms with E-state index in [9.17, 15) is 4.79 Å². The van der Waals surface area contributed by atoms with Crippen LogP contribution in [-0.4, -0.2) is 38.4 Å². The second-order valence-corrected chi connectivity index (χ2v) is 7.12. The molecule has 3 N–H and O–H groups in total. The maximum Gasteiger partial charge on any atom is 0.407 e. The number of amides is 1. The predicted octanol–water partition coefficient (Wildman–Crippen LogP) is 3.33. The van der Waals surface area contributed by atoms with Gasteiger partial charge in [-0.1, -0.05) is 0 Å². The Morgan fingerprint density at radius 2 is 2.15 bits per heavy atom. The van der Waals surface area contributed by atoms with Crippen molar-refractivity contribution >= 4 is 17.7 Å². The quantitative estimate of drug-likeness (QED) is 0.757. The number of nitrogens with one attached hydrogen (secondary N) is 3. The third-order valence-corrected chi connectivity index (χ3v) is 4.42. The number of aromatic nitrogens is 4. The Kier molecular flexibility index (Phi) is 5.39. The number of anilines is 2. The van der Waals surface area contributed by atoms with Gasteiger partial charge < -0.3 is 15.4 Å². The molecule has 1 saturated carbocycles. The van der Waals surface area contributed by atoms with Crippen LogP contribution in [0.25, 0.3) is 0 Å². The largest absolute Gasteiger partial charge is 0.446 e. The number of aromatic amines is 1. The molecule has 8 nitrogen and oxygen atoms in total. The van der Waals surface area contributed by atoms with Crippen molar-refractivity contribution in [3.63, 3.8) is 0 Å². The number of hydrogen-bond donors (Lipinski definition) is 3. The summed E-state index contributed by atoms with van der Waals surface area (Å²) in [5.74, 6) is 1.72. The maximum atomic E-state index is 11.7. The zero-order chi connectivity index (χ0) is 18.7. The van der Waals surface area contributed by atoms with Gasteiger partial charge in [0, 0.05) is 23.7 Å². The van der Waals surface area contributed by atoms with Crippen LogP contribution in [0, 0.1) is 13.8 Å². The van der Waals surface area contributed by atoms with Crippen molar-refractivity contribution in [2.75, 3.05) is 5.32 Å². The minimum absolute atomic E-state index is 0.0522. The lowest BCUT2D eigenvalue weighted by molar-refractivity contribution is 0.0981. The standard InChI is InChI=1S/C18H26N6O2/c1-10(2)20-18(25)26-14-6-5-13(7-14)15-8-16(24-23-15)22-17-12(4)21-11(3)9-19-17/h8-10,13-14H,5-7H2,1-4H3,(H,20,25)(H2,19,22,23,24)/t13?,14-/m1/s1. The molecule has 26 heavy (non-hydrogen) atoms. The van der Waals surface area contributed by atoms with E-state index in [0.717, 1.165) is 36.3 Å². The highest BCUT2D eigenvalue weighted by Gasteiger charge is 2.30. The number of ether oxygens (including phenoxy) is 1. The Bertz CT molecular complexity index is 773. The van der Waals surface area contributed by atoms with E-state index in [1.807, 2.05) is 33.8 Å². The number of carbonyl (C=O) groups is 1. The van der Waals surface area contributed by atoms with Crippen LogP contribution >= 0.6 is 0 Å². The normalized spacial score (nSPS) is 19.6. The van der Waals surface area contributed by atoms with Crippen LogP contribution in [-0.2, 0) is 4.74 Å². The van der Waals surface area contributed by atoms with Gasteiger partial charge in [0.05, 0.1) is 17.6 Å². The molecule has 2 aromatic heterocycles. The number of carbonyl (C=O) groups excluding carboxylic acids is 1. The highest BCUT2D eigenvalue weighted by atomic mass is 16.6. The zero-order valence-electron chi connectivity index (χ0n) is 15.7. The monoisotopic (exact) mass is 358 g/mol. The van der Waals surface area contributed by atoms with E-state index in [0.29, 0.717) is 17.6 Å². The van der Waals surface area contributed by atoms with Crippen LogP contribution in [0.4, 0.5) is 16.4 Å². The van der Waals surface area contributed by atoms with Gasteiger partial charge in [0.15, 0.2) is 11.6 Å². The van der Waals surface area contributed by atoms with Gasteiger partial charge in [-0.2, -0.15) is 5.10 Å². The molecule has 0 radical (unpaired) electrons. The molecular formula is C18H26N6O2. The van der Waals surface area contributed by atoms with Gasteiger partial charge >= 0.3 is 6.09 Å². The molecule has 0 saturated heterocycles. The third kappa shape index (κ3) is 4.50. The maximum absolute atomic E-state index is 11.7. The summed E-state index contributed by atoms with van der Waals surface area (Å²) in [7, 11) is 0. The summed E-state index contributed by atoms with van der Waals surface area (Å²) in [4.78, 5) is 20.5. The first-order valence-electron chi connectivity index (χ1n) is 9.00. The average Bonchev–Trinajstić information content (AvgIpc) is 3.18. The lowest BCUT2D eigenvalue weighted by Crippen LogP contribution is -2.33. The van der Waals surface area contributed by atoms with E-state index < -0.39 is 0 Å². The van der Waals surface area contributed by atoms with Crippen molar-refractivity contribution in [1.82, 2.24) is 25.5 Å². The second-order valence-electron chi connectivity index (χ2n) is 7.12. The molecule has 0 spiro atoms. The van der Waals surface area contributed by atoms with Crippen LogP contribution in [0.3, 0.4) is 0 Å². The highest BCUT2D eigenvalue weighted by molar-refractivity contribution is 5.67. The molecule has 3 rings (SSSR count). The predicted molar refractivity (Wildman–Crippen MR) is 98.5 cm³/mol. The molecule has 0 aromatic carbocycles. The van der Waals surface area contributed by atoms with Crippen LogP contribution in [0.1, 0.15) is 56.1 Å². The molecule has 0 aliphatic heterocycles. The van der Waals surface area contributed by atoms with E-state index >= 15 is 0 Å². The van der Waals surface area contributed by atoms with Gasteiger partial charge in [-0.05, 0) is 47.0 Å². The minimum atomic E-state index is -0.342. The summed E-state index contributed by atoms with van der Waals surface area (Å²) in [6.07, 6.45) is 3.96. The van der Waals surface area contributed by atoms with Crippen LogP contribution in [0.2, 0.25) is 0 Å². The summed E-state index contributed by atoms with van der Waals surface area (Å²) < 4.78 is 5.49. The first-order valence-corrected chi connectivity index (χ1v) is 9.00. The molecule has 8 heteroatoms. The lowest BCUT2D eigenvalue weighted by Gasteiger charge is -2.14. The molecule has 2 heterocycles. The lowest BCUT2D eigenvalue weighted by atomic mass is 10.0. The van der Waals surface area contributed by atoms with E-state index in [1.165, 1.54) is 0 Å². The second kappa shape index (κ2) is 7.72. The first-order chi connectivity index (χ1) is 12.4.